The number of rotatable bonds is 9. The van der Waals surface area contributed by atoms with Gasteiger partial charge in [0, 0.05) is 24.4 Å². The Kier molecular flexibility index (Phi) is 8.47. The SMILES string of the molecule is CCNC(=NCC(O)COc1ccc(F)cc1)NCCc1nc(C)c(C)s1. The fourth-order valence-corrected chi connectivity index (χ4v) is 3.18. The molecule has 2 aromatic rings. The van der Waals surface area contributed by atoms with Gasteiger partial charge in [0.1, 0.15) is 24.3 Å². The third-order valence-electron chi connectivity index (χ3n) is 3.76. The van der Waals surface area contributed by atoms with Crippen molar-refractivity contribution in [2.24, 2.45) is 4.99 Å². The second-order valence-corrected chi connectivity index (χ2v) is 7.35. The third kappa shape index (κ3) is 7.52. The van der Waals surface area contributed by atoms with E-state index in [2.05, 4.69) is 27.5 Å². The van der Waals surface area contributed by atoms with E-state index in [0.717, 1.165) is 23.7 Å². The molecule has 0 saturated carbocycles. The van der Waals surface area contributed by atoms with Crippen molar-refractivity contribution in [3.8, 4) is 5.75 Å². The minimum Gasteiger partial charge on any atom is -0.491 e. The molecule has 148 valence electrons. The predicted octanol–water partition coefficient (Wildman–Crippen LogP) is 2.44. The molecule has 8 heteroatoms. The Labute approximate surface area is 163 Å². The lowest BCUT2D eigenvalue weighted by molar-refractivity contribution is 0.114. The van der Waals surface area contributed by atoms with E-state index in [1.165, 1.54) is 29.1 Å². The van der Waals surface area contributed by atoms with Crippen LogP contribution in [0.15, 0.2) is 29.3 Å². The van der Waals surface area contributed by atoms with Gasteiger partial charge in [-0.3, -0.25) is 4.99 Å². The van der Waals surface area contributed by atoms with Gasteiger partial charge in [0.15, 0.2) is 5.96 Å². The summed E-state index contributed by atoms with van der Waals surface area (Å²) in [6, 6.07) is 5.69. The monoisotopic (exact) mass is 394 g/mol. The van der Waals surface area contributed by atoms with Gasteiger partial charge in [0.05, 0.1) is 17.2 Å². The van der Waals surface area contributed by atoms with Crippen LogP contribution in [0.2, 0.25) is 0 Å². The summed E-state index contributed by atoms with van der Waals surface area (Å²) < 4.78 is 18.3. The fourth-order valence-electron chi connectivity index (χ4n) is 2.25. The molecule has 1 aromatic carbocycles. The van der Waals surface area contributed by atoms with Crippen molar-refractivity contribution in [1.29, 1.82) is 0 Å². The first-order valence-electron chi connectivity index (χ1n) is 8.99. The van der Waals surface area contributed by atoms with Crippen molar-refractivity contribution >= 4 is 17.3 Å². The van der Waals surface area contributed by atoms with Crippen molar-refractivity contribution in [2.45, 2.75) is 33.3 Å². The summed E-state index contributed by atoms with van der Waals surface area (Å²) in [7, 11) is 0. The maximum absolute atomic E-state index is 12.9. The number of aliphatic hydroxyl groups excluding tert-OH is 1. The van der Waals surface area contributed by atoms with Gasteiger partial charge in [-0.25, -0.2) is 9.37 Å². The Hall–Kier alpha value is -2.19. The van der Waals surface area contributed by atoms with Crippen molar-refractivity contribution < 1.29 is 14.2 Å². The summed E-state index contributed by atoms with van der Waals surface area (Å²) in [6.07, 6.45) is 0.0646. The number of hydrogen-bond acceptors (Lipinski definition) is 5. The number of nitrogens with one attached hydrogen (secondary N) is 2. The highest BCUT2D eigenvalue weighted by Crippen LogP contribution is 2.16. The summed E-state index contributed by atoms with van der Waals surface area (Å²) in [6.45, 7) is 7.80. The summed E-state index contributed by atoms with van der Waals surface area (Å²) in [5, 5.41) is 17.5. The van der Waals surface area contributed by atoms with Gasteiger partial charge >= 0.3 is 0 Å². The first-order valence-corrected chi connectivity index (χ1v) is 9.81. The number of ether oxygens (including phenoxy) is 1. The van der Waals surface area contributed by atoms with Gasteiger partial charge in [-0.1, -0.05) is 0 Å². The lowest BCUT2D eigenvalue weighted by Gasteiger charge is -2.13. The quantitative estimate of drug-likeness (QED) is 0.450. The lowest BCUT2D eigenvalue weighted by Crippen LogP contribution is -2.39. The van der Waals surface area contributed by atoms with Crippen LogP contribution in [-0.2, 0) is 6.42 Å². The second-order valence-electron chi connectivity index (χ2n) is 6.06. The average molecular weight is 395 g/mol. The number of benzene rings is 1. The van der Waals surface area contributed by atoms with Crippen LogP contribution in [0.25, 0.3) is 0 Å². The maximum atomic E-state index is 12.9. The largest absolute Gasteiger partial charge is 0.491 e. The molecule has 27 heavy (non-hydrogen) atoms. The summed E-state index contributed by atoms with van der Waals surface area (Å²) in [5.41, 5.74) is 1.08. The summed E-state index contributed by atoms with van der Waals surface area (Å²) >= 11 is 1.71. The third-order valence-corrected chi connectivity index (χ3v) is 4.90. The molecule has 3 N–H and O–H groups in total. The molecule has 1 atom stereocenters. The number of aliphatic hydroxyl groups is 1. The molecule has 1 heterocycles. The van der Waals surface area contributed by atoms with Crippen LogP contribution in [0.5, 0.6) is 5.75 Å². The zero-order chi connectivity index (χ0) is 19.6. The first kappa shape index (κ1) is 21.1. The minimum absolute atomic E-state index is 0.0895. The molecule has 0 aliphatic rings. The van der Waals surface area contributed by atoms with Crippen LogP contribution >= 0.6 is 11.3 Å². The maximum Gasteiger partial charge on any atom is 0.191 e. The number of guanidine groups is 1. The number of thiazole rings is 1. The van der Waals surface area contributed by atoms with Crippen LogP contribution < -0.4 is 15.4 Å². The second kappa shape index (κ2) is 10.8. The molecule has 0 amide bonds. The van der Waals surface area contributed by atoms with Gasteiger partial charge in [-0.15, -0.1) is 11.3 Å². The Morgan fingerprint density at radius 3 is 2.67 bits per heavy atom. The molecule has 1 unspecified atom stereocenters. The van der Waals surface area contributed by atoms with Crippen LogP contribution in [0, 0.1) is 19.7 Å². The Morgan fingerprint density at radius 1 is 1.30 bits per heavy atom. The molecule has 0 aliphatic carbocycles. The number of aryl methyl sites for hydroxylation is 2. The number of halogens is 1. The van der Waals surface area contributed by atoms with Crippen LogP contribution in [-0.4, -0.2) is 48.4 Å². The van der Waals surface area contributed by atoms with Crippen LogP contribution in [0.3, 0.4) is 0 Å². The van der Waals surface area contributed by atoms with Gasteiger partial charge in [-0.05, 0) is 45.0 Å². The summed E-state index contributed by atoms with van der Waals surface area (Å²) in [5.74, 6) is 0.832. The number of hydrogen-bond donors (Lipinski definition) is 3. The van der Waals surface area contributed by atoms with E-state index < -0.39 is 6.10 Å². The lowest BCUT2D eigenvalue weighted by atomic mass is 10.3. The highest BCUT2D eigenvalue weighted by molar-refractivity contribution is 7.11. The number of nitrogens with zero attached hydrogens (tertiary/aromatic N) is 2. The Morgan fingerprint density at radius 2 is 2.04 bits per heavy atom. The van der Waals surface area contributed by atoms with Crippen molar-refractivity contribution in [3.05, 3.63) is 45.7 Å². The minimum atomic E-state index is -0.755. The normalized spacial score (nSPS) is 12.7. The van der Waals surface area contributed by atoms with E-state index in [1.54, 1.807) is 11.3 Å². The van der Waals surface area contributed by atoms with Crippen molar-refractivity contribution in [2.75, 3.05) is 26.2 Å². The van der Waals surface area contributed by atoms with Crippen molar-refractivity contribution in [3.63, 3.8) is 0 Å². The zero-order valence-electron chi connectivity index (χ0n) is 16.0. The molecule has 1 aromatic heterocycles. The molecule has 0 fully saturated rings. The Bertz CT molecular complexity index is 714. The zero-order valence-corrected chi connectivity index (χ0v) is 16.8. The molecule has 0 spiro atoms. The van der Waals surface area contributed by atoms with Crippen LogP contribution in [0.1, 0.15) is 22.5 Å². The predicted molar refractivity (Wildman–Crippen MR) is 107 cm³/mol. The molecule has 2 rings (SSSR count). The number of aromatic nitrogens is 1. The standard InChI is InChI=1S/C19H27FN4O2S/c1-4-21-19(22-10-9-18-24-13(2)14(3)27-18)23-11-16(25)12-26-17-7-5-15(20)6-8-17/h5-8,16,25H,4,9-12H2,1-3H3,(H2,21,22,23). The van der Waals surface area contributed by atoms with Crippen LogP contribution in [0.4, 0.5) is 4.39 Å². The topological polar surface area (TPSA) is 78.8 Å². The molecule has 0 aliphatic heterocycles. The van der Waals surface area contributed by atoms with E-state index in [1.807, 2.05) is 13.8 Å². The highest BCUT2D eigenvalue weighted by Gasteiger charge is 2.07. The van der Waals surface area contributed by atoms with E-state index in [0.29, 0.717) is 18.3 Å². The molecule has 0 bridgehead atoms. The molecule has 0 saturated heterocycles. The van der Waals surface area contributed by atoms with E-state index >= 15 is 0 Å². The summed E-state index contributed by atoms with van der Waals surface area (Å²) in [4.78, 5) is 10.2. The number of aliphatic imine (C=N–C) groups is 1. The fraction of sp³-hybridized carbons (Fsp3) is 0.474. The highest BCUT2D eigenvalue weighted by atomic mass is 32.1. The molecule has 6 nitrogen and oxygen atoms in total. The van der Waals surface area contributed by atoms with Gasteiger partial charge in [0.2, 0.25) is 0 Å². The van der Waals surface area contributed by atoms with Gasteiger partial charge in [-0.2, -0.15) is 0 Å². The van der Waals surface area contributed by atoms with E-state index in [4.69, 9.17) is 4.74 Å². The average Bonchev–Trinajstić information content (AvgIpc) is 2.97. The van der Waals surface area contributed by atoms with E-state index in [9.17, 15) is 9.50 Å². The molecule has 0 radical (unpaired) electrons. The van der Waals surface area contributed by atoms with Crippen molar-refractivity contribution in [1.82, 2.24) is 15.6 Å². The smallest absolute Gasteiger partial charge is 0.191 e. The van der Waals surface area contributed by atoms with Gasteiger partial charge < -0.3 is 20.5 Å². The molecular weight excluding hydrogens is 367 g/mol. The van der Waals surface area contributed by atoms with E-state index in [-0.39, 0.29) is 19.0 Å². The van der Waals surface area contributed by atoms with Gasteiger partial charge in [0.25, 0.3) is 0 Å². The Balaban J connectivity index is 1.76. The first-order chi connectivity index (χ1) is 13.0. The molecular formula is C19H27FN4O2S.